The summed E-state index contributed by atoms with van der Waals surface area (Å²) in [6.07, 6.45) is 3.04. The highest BCUT2D eigenvalue weighted by molar-refractivity contribution is 6.31. The summed E-state index contributed by atoms with van der Waals surface area (Å²) in [5.74, 6) is 1.76. The minimum atomic E-state index is -0.137. The molecule has 0 amide bonds. The zero-order chi connectivity index (χ0) is 14.8. The Labute approximate surface area is 130 Å². The van der Waals surface area contributed by atoms with E-state index in [4.69, 9.17) is 31.5 Å². The Kier molecular flexibility index (Phi) is 4.57. The molecule has 5 heteroatoms. The van der Waals surface area contributed by atoms with E-state index in [-0.39, 0.29) is 12.1 Å². The van der Waals surface area contributed by atoms with Gasteiger partial charge in [0.05, 0.1) is 19.3 Å². The van der Waals surface area contributed by atoms with Crippen LogP contribution in [0.2, 0.25) is 5.02 Å². The smallest absolute Gasteiger partial charge is 0.162 e. The summed E-state index contributed by atoms with van der Waals surface area (Å²) in [6, 6.07) is 3.63. The SMILES string of the molecule is CCC1OCCC1C(N)c1cc2c(cc1Cl)OCCCO2. The van der Waals surface area contributed by atoms with Gasteiger partial charge in [0.25, 0.3) is 0 Å². The van der Waals surface area contributed by atoms with Crippen molar-refractivity contribution in [3.05, 3.63) is 22.7 Å². The third-order valence-electron chi connectivity index (χ3n) is 4.35. The zero-order valence-corrected chi connectivity index (χ0v) is 13.1. The zero-order valence-electron chi connectivity index (χ0n) is 12.3. The van der Waals surface area contributed by atoms with E-state index in [1.54, 1.807) is 0 Å². The van der Waals surface area contributed by atoms with Crippen LogP contribution in [0.1, 0.15) is 37.8 Å². The molecule has 1 aromatic rings. The van der Waals surface area contributed by atoms with Crippen LogP contribution in [0.25, 0.3) is 0 Å². The first kappa shape index (κ1) is 14.9. The molecule has 2 aliphatic heterocycles. The van der Waals surface area contributed by atoms with Crippen molar-refractivity contribution < 1.29 is 14.2 Å². The Balaban J connectivity index is 1.89. The van der Waals surface area contributed by atoms with Crippen LogP contribution in [0.3, 0.4) is 0 Å². The number of fused-ring (bicyclic) bond motifs is 1. The number of halogens is 1. The maximum Gasteiger partial charge on any atom is 0.162 e. The number of nitrogens with two attached hydrogens (primary N) is 1. The van der Waals surface area contributed by atoms with Gasteiger partial charge in [-0.3, -0.25) is 0 Å². The standard InChI is InChI=1S/C16H22ClNO3/c1-2-13-10(4-7-21-13)16(18)11-8-14-15(9-12(11)17)20-6-3-5-19-14/h8-10,13,16H,2-7,18H2,1H3. The van der Waals surface area contributed by atoms with Crippen molar-refractivity contribution in [3.8, 4) is 11.5 Å². The van der Waals surface area contributed by atoms with Crippen molar-refractivity contribution in [1.29, 1.82) is 0 Å². The third kappa shape index (κ3) is 2.98. The van der Waals surface area contributed by atoms with Crippen molar-refractivity contribution in [2.45, 2.75) is 38.3 Å². The van der Waals surface area contributed by atoms with E-state index in [2.05, 4.69) is 6.92 Å². The minimum absolute atomic E-state index is 0.137. The van der Waals surface area contributed by atoms with Crippen molar-refractivity contribution in [3.63, 3.8) is 0 Å². The fourth-order valence-corrected chi connectivity index (χ4v) is 3.46. The summed E-state index contributed by atoms with van der Waals surface area (Å²) in [6.45, 7) is 4.22. The topological polar surface area (TPSA) is 53.7 Å². The van der Waals surface area contributed by atoms with Crippen molar-refractivity contribution in [2.75, 3.05) is 19.8 Å². The summed E-state index contributed by atoms with van der Waals surface area (Å²) in [5, 5.41) is 0.647. The number of benzene rings is 1. The molecule has 0 aromatic heterocycles. The van der Waals surface area contributed by atoms with Crippen LogP contribution >= 0.6 is 11.6 Å². The summed E-state index contributed by atoms with van der Waals surface area (Å²) >= 11 is 6.42. The Bertz CT molecular complexity index is 509. The van der Waals surface area contributed by atoms with Crippen molar-refractivity contribution in [1.82, 2.24) is 0 Å². The molecular weight excluding hydrogens is 290 g/mol. The van der Waals surface area contributed by atoms with Crippen LogP contribution in [0.15, 0.2) is 12.1 Å². The number of hydrogen-bond acceptors (Lipinski definition) is 4. The molecule has 0 saturated carbocycles. The first-order valence-electron chi connectivity index (χ1n) is 7.67. The summed E-state index contributed by atoms with van der Waals surface area (Å²) in [5.41, 5.74) is 7.40. The third-order valence-corrected chi connectivity index (χ3v) is 4.68. The van der Waals surface area contributed by atoms with E-state index in [1.807, 2.05) is 12.1 Å². The van der Waals surface area contributed by atoms with E-state index in [0.29, 0.717) is 29.9 Å². The lowest BCUT2D eigenvalue weighted by atomic mass is 9.87. The van der Waals surface area contributed by atoms with Crippen LogP contribution in [0, 0.1) is 5.92 Å². The Hall–Kier alpha value is -0.970. The second-order valence-corrected chi connectivity index (χ2v) is 6.07. The van der Waals surface area contributed by atoms with Gasteiger partial charge in [0, 0.05) is 36.1 Å². The van der Waals surface area contributed by atoms with Gasteiger partial charge in [-0.15, -0.1) is 0 Å². The summed E-state index contributed by atoms with van der Waals surface area (Å²) in [7, 11) is 0. The Morgan fingerprint density at radius 3 is 2.67 bits per heavy atom. The fraction of sp³-hybridized carbons (Fsp3) is 0.625. The van der Waals surface area contributed by atoms with Gasteiger partial charge < -0.3 is 19.9 Å². The molecule has 0 spiro atoms. The van der Waals surface area contributed by atoms with Crippen molar-refractivity contribution >= 4 is 11.6 Å². The second kappa shape index (κ2) is 6.42. The van der Waals surface area contributed by atoms with Crippen LogP contribution in [-0.2, 0) is 4.74 Å². The van der Waals surface area contributed by atoms with Crippen molar-refractivity contribution in [2.24, 2.45) is 11.7 Å². The molecule has 0 radical (unpaired) electrons. The fourth-order valence-electron chi connectivity index (χ4n) is 3.18. The van der Waals surface area contributed by atoms with Gasteiger partial charge >= 0.3 is 0 Å². The second-order valence-electron chi connectivity index (χ2n) is 5.67. The minimum Gasteiger partial charge on any atom is -0.490 e. The van der Waals surface area contributed by atoms with Crippen LogP contribution in [0.5, 0.6) is 11.5 Å². The van der Waals surface area contributed by atoms with Crippen LogP contribution in [0.4, 0.5) is 0 Å². The molecule has 2 aliphatic rings. The normalized spacial score (nSPS) is 26.4. The summed E-state index contributed by atoms with van der Waals surface area (Å²) < 4.78 is 17.1. The molecule has 1 aromatic carbocycles. The molecule has 1 saturated heterocycles. The van der Waals surface area contributed by atoms with E-state index in [1.165, 1.54) is 0 Å². The average molecular weight is 312 g/mol. The van der Waals surface area contributed by atoms with Gasteiger partial charge in [-0.2, -0.15) is 0 Å². The lowest BCUT2D eigenvalue weighted by Crippen LogP contribution is -2.28. The van der Waals surface area contributed by atoms with E-state index in [9.17, 15) is 0 Å². The van der Waals surface area contributed by atoms with Gasteiger partial charge in [0.1, 0.15) is 0 Å². The van der Waals surface area contributed by atoms with Crippen LogP contribution in [-0.4, -0.2) is 25.9 Å². The lowest BCUT2D eigenvalue weighted by molar-refractivity contribution is 0.0813. The molecule has 2 heterocycles. The predicted molar refractivity (Wildman–Crippen MR) is 82.1 cm³/mol. The first-order chi connectivity index (χ1) is 10.2. The van der Waals surface area contributed by atoms with E-state index in [0.717, 1.165) is 37.2 Å². The molecule has 3 unspecified atom stereocenters. The van der Waals surface area contributed by atoms with Gasteiger partial charge in [0.2, 0.25) is 0 Å². The van der Waals surface area contributed by atoms with E-state index >= 15 is 0 Å². The first-order valence-corrected chi connectivity index (χ1v) is 8.04. The quantitative estimate of drug-likeness (QED) is 0.930. The van der Waals surface area contributed by atoms with E-state index < -0.39 is 0 Å². The maximum absolute atomic E-state index is 6.48. The molecule has 116 valence electrons. The molecule has 21 heavy (non-hydrogen) atoms. The molecule has 2 N–H and O–H groups in total. The monoisotopic (exact) mass is 311 g/mol. The number of ether oxygens (including phenoxy) is 3. The molecule has 0 bridgehead atoms. The highest BCUT2D eigenvalue weighted by Crippen LogP contribution is 2.41. The number of rotatable bonds is 3. The highest BCUT2D eigenvalue weighted by Gasteiger charge is 2.34. The molecule has 1 fully saturated rings. The Morgan fingerprint density at radius 1 is 1.24 bits per heavy atom. The molecule has 4 nitrogen and oxygen atoms in total. The largest absolute Gasteiger partial charge is 0.490 e. The van der Waals surface area contributed by atoms with Gasteiger partial charge in [0.15, 0.2) is 11.5 Å². The van der Waals surface area contributed by atoms with Gasteiger partial charge in [-0.1, -0.05) is 18.5 Å². The molecule has 0 aliphatic carbocycles. The lowest BCUT2D eigenvalue weighted by Gasteiger charge is -2.25. The number of hydrogen-bond donors (Lipinski definition) is 1. The Morgan fingerprint density at radius 2 is 1.95 bits per heavy atom. The van der Waals surface area contributed by atoms with Gasteiger partial charge in [-0.05, 0) is 24.5 Å². The van der Waals surface area contributed by atoms with Crippen LogP contribution < -0.4 is 15.2 Å². The van der Waals surface area contributed by atoms with Gasteiger partial charge in [-0.25, -0.2) is 0 Å². The maximum atomic E-state index is 6.48. The molecule has 3 rings (SSSR count). The predicted octanol–water partition coefficient (Wildman–Crippen LogP) is 3.32. The summed E-state index contributed by atoms with van der Waals surface area (Å²) in [4.78, 5) is 0. The average Bonchev–Trinajstić information content (AvgIpc) is 2.85. The molecular formula is C16H22ClNO3. The highest BCUT2D eigenvalue weighted by atomic mass is 35.5. The molecule has 3 atom stereocenters.